The zero-order valence-corrected chi connectivity index (χ0v) is 9.68. The Bertz CT molecular complexity index is 345. The van der Waals surface area contributed by atoms with Crippen LogP contribution in [-0.4, -0.2) is 17.6 Å². The van der Waals surface area contributed by atoms with Gasteiger partial charge in [0, 0.05) is 12.2 Å². The maximum Gasteiger partial charge on any atom is 0.170 e. The third-order valence-electron chi connectivity index (χ3n) is 2.08. The van der Waals surface area contributed by atoms with Gasteiger partial charge in [0.05, 0.1) is 6.61 Å². The van der Waals surface area contributed by atoms with Gasteiger partial charge >= 0.3 is 0 Å². The van der Waals surface area contributed by atoms with Crippen molar-refractivity contribution in [3.63, 3.8) is 0 Å². The van der Waals surface area contributed by atoms with E-state index in [0.29, 0.717) is 18.1 Å². The molecule has 0 aliphatic carbocycles. The molecule has 0 fully saturated rings. The fraction of sp³-hybridized carbons (Fsp3) is 0.417. The van der Waals surface area contributed by atoms with Crippen molar-refractivity contribution in [3.8, 4) is 0 Å². The fourth-order valence-corrected chi connectivity index (χ4v) is 1.24. The minimum absolute atomic E-state index is 0.120. The Balaban J connectivity index is 2.52. The summed E-state index contributed by atoms with van der Waals surface area (Å²) < 4.78 is 5.50. The Morgan fingerprint density at radius 1 is 1.38 bits per heavy atom. The molecule has 0 heterocycles. The lowest BCUT2D eigenvalue weighted by molar-refractivity contribution is 0.0971. The Hall–Kier alpha value is -1.55. The Labute approximate surface area is 95.7 Å². The fourth-order valence-electron chi connectivity index (χ4n) is 1.24. The molecule has 0 unspecified atom stereocenters. The highest BCUT2D eigenvalue weighted by Crippen LogP contribution is 2.06. The molecule has 0 radical (unpaired) electrons. The molecule has 0 atom stereocenters. The topological polar surface area (TPSA) is 67.8 Å². The minimum Gasteiger partial charge on any atom is -0.409 e. The Kier molecular flexibility index (Phi) is 4.79. The summed E-state index contributed by atoms with van der Waals surface area (Å²) >= 11 is 0. The van der Waals surface area contributed by atoms with E-state index in [1.807, 2.05) is 24.3 Å². The van der Waals surface area contributed by atoms with Crippen LogP contribution in [0.4, 0.5) is 0 Å². The summed E-state index contributed by atoms with van der Waals surface area (Å²) in [5, 5.41) is 11.4. The van der Waals surface area contributed by atoms with Crippen LogP contribution in [0.5, 0.6) is 0 Å². The van der Waals surface area contributed by atoms with Gasteiger partial charge in [0.15, 0.2) is 5.84 Å². The maximum atomic E-state index is 8.50. The van der Waals surface area contributed by atoms with Crippen molar-refractivity contribution in [2.45, 2.75) is 20.5 Å². The summed E-state index contributed by atoms with van der Waals surface area (Å²) in [5.41, 5.74) is 7.24. The second-order valence-corrected chi connectivity index (χ2v) is 4.09. The van der Waals surface area contributed by atoms with Crippen LogP contribution in [0.1, 0.15) is 25.0 Å². The number of hydrogen-bond donors (Lipinski definition) is 2. The van der Waals surface area contributed by atoms with Crippen molar-refractivity contribution in [2.75, 3.05) is 6.61 Å². The van der Waals surface area contributed by atoms with Crippen LogP contribution in [0.3, 0.4) is 0 Å². The Morgan fingerprint density at radius 3 is 2.50 bits per heavy atom. The number of benzene rings is 1. The zero-order valence-electron chi connectivity index (χ0n) is 9.68. The molecule has 1 aromatic carbocycles. The van der Waals surface area contributed by atoms with E-state index in [4.69, 9.17) is 15.7 Å². The van der Waals surface area contributed by atoms with Gasteiger partial charge in [0.1, 0.15) is 0 Å². The van der Waals surface area contributed by atoms with E-state index in [-0.39, 0.29) is 5.84 Å². The van der Waals surface area contributed by atoms with Gasteiger partial charge in [-0.05, 0) is 11.5 Å². The number of rotatable bonds is 5. The number of nitrogens with zero attached hydrogens (tertiary/aromatic N) is 1. The van der Waals surface area contributed by atoms with E-state index in [2.05, 4.69) is 19.0 Å². The molecular formula is C12H18N2O2. The third kappa shape index (κ3) is 3.90. The van der Waals surface area contributed by atoms with Gasteiger partial charge in [-0.15, -0.1) is 0 Å². The quantitative estimate of drug-likeness (QED) is 0.346. The normalized spacial score (nSPS) is 12.1. The maximum absolute atomic E-state index is 8.50. The van der Waals surface area contributed by atoms with Gasteiger partial charge in [-0.3, -0.25) is 0 Å². The largest absolute Gasteiger partial charge is 0.409 e. The lowest BCUT2D eigenvalue weighted by Gasteiger charge is -2.07. The van der Waals surface area contributed by atoms with E-state index in [1.54, 1.807) is 0 Å². The van der Waals surface area contributed by atoms with Crippen LogP contribution in [0, 0.1) is 5.92 Å². The van der Waals surface area contributed by atoms with Crippen LogP contribution in [-0.2, 0) is 11.3 Å². The first-order valence-corrected chi connectivity index (χ1v) is 5.28. The number of hydrogen-bond acceptors (Lipinski definition) is 3. The molecule has 0 saturated heterocycles. The highest BCUT2D eigenvalue weighted by Gasteiger charge is 2.00. The van der Waals surface area contributed by atoms with Crippen molar-refractivity contribution in [1.29, 1.82) is 0 Å². The summed E-state index contributed by atoms with van der Waals surface area (Å²) in [7, 11) is 0. The van der Waals surface area contributed by atoms with Crippen molar-refractivity contribution in [3.05, 3.63) is 35.4 Å². The second kappa shape index (κ2) is 6.12. The van der Waals surface area contributed by atoms with E-state index in [1.165, 1.54) is 0 Å². The number of amidine groups is 1. The summed E-state index contributed by atoms with van der Waals surface area (Å²) in [6.45, 7) is 5.57. The van der Waals surface area contributed by atoms with Gasteiger partial charge in [-0.1, -0.05) is 43.3 Å². The second-order valence-electron chi connectivity index (χ2n) is 4.09. The molecule has 4 nitrogen and oxygen atoms in total. The molecule has 0 bridgehead atoms. The summed E-state index contributed by atoms with van der Waals surface area (Å²) in [6.07, 6.45) is 0. The number of ether oxygens (including phenoxy) is 1. The lowest BCUT2D eigenvalue weighted by Crippen LogP contribution is -2.12. The molecular weight excluding hydrogens is 204 g/mol. The monoisotopic (exact) mass is 222 g/mol. The molecule has 0 aliphatic heterocycles. The molecule has 4 heteroatoms. The van der Waals surface area contributed by atoms with Crippen molar-refractivity contribution in [1.82, 2.24) is 0 Å². The summed E-state index contributed by atoms with van der Waals surface area (Å²) in [4.78, 5) is 0. The molecule has 0 saturated carbocycles. The molecule has 0 aromatic heterocycles. The standard InChI is InChI=1S/C12H18N2O2/c1-9(2)7-16-8-10-3-5-11(6-4-10)12(13)14-15/h3-6,9,15H,7-8H2,1-2H3,(H2,13,14). The number of oxime groups is 1. The van der Waals surface area contributed by atoms with Gasteiger partial charge < -0.3 is 15.7 Å². The first-order valence-electron chi connectivity index (χ1n) is 5.28. The zero-order chi connectivity index (χ0) is 12.0. The van der Waals surface area contributed by atoms with Crippen LogP contribution in [0.25, 0.3) is 0 Å². The van der Waals surface area contributed by atoms with E-state index in [0.717, 1.165) is 12.2 Å². The average Bonchev–Trinajstić information content (AvgIpc) is 2.28. The molecule has 16 heavy (non-hydrogen) atoms. The minimum atomic E-state index is 0.120. The third-order valence-corrected chi connectivity index (χ3v) is 2.08. The molecule has 3 N–H and O–H groups in total. The first kappa shape index (κ1) is 12.5. The molecule has 1 aromatic rings. The Morgan fingerprint density at radius 2 is 2.00 bits per heavy atom. The smallest absolute Gasteiger partial charge is 0.170 e. The molecule has 0 amide bonds. The van der Waals surface area contributed by atoms with Crippen LogP contribution in [0.2, 0.25) is 0 Å². The van der Waals surface area contributed by atoms with Crippen molar-refractivity contribution < 1.29 is 9.94 Å². The van der Waals surface area contributed by atoms with E-state index >= 15 is 0 Å². The van der Waals surface area contributed by atoms with E-state index < -0.39 is 0 Å². The summed E-state index contributed by atoms with van der Waals surface area (Å²) in [6, 6.07) is 7.44. The average molecular weight is 222 g/mol. The van der Waals surface area contributed by atoms with Gasteiger partial charge in [-0.2, -0.15) is 0 Å². The lowest BCUT2D eigenvalue weighted by atomic mass is 10.1. The predicted octanol–water partition coefficient (Wildman–Crippen LogP) is 1.95. The van der Waals surface area contributed by atoms with Crippen molar-refractivity contribution in [2.24, 2.45) is 16.8 Å². The van der Waals surface area contributed by atoms with Gasteiger partial charge in [0.25, 0.3) is 0 Å². The first-order chi connectivity index (χ1) is 7.63. The summed E-state index contributed by atoms with van der Waals surface area (Å²) in [5.74, 6) is 0.658. The predicted molar refractivity (Wildman–Crippen MR) is 63.4 cm³/mol. The van der Waals surface area contributed by atoms with Gasteiger partial charge in [-0.25, -0.2) is 0 Å². The van der Waals surface area contributed by atoms with Gasteiger partial charge in [0.2, 0.25) is 0 Å². The molecule has 1 rings (SSSR count). The highest BCUT2D eigenvalue weighted by atomic mass is 16.5. The van der Waals surface area contributed by atoms with Crippen molar-refractivity contribution >= 4 is 5.84 Å². The van der Waals surface area contributed by atoms with E-state index in [9.17, 15) is 0 Å². The number of nitrogens with two attached hydrogens (primary N) is 1. The molecule has 88 valence electrons. The van der Waals surface area contributed by atoms with Crippen LogP contribution < -0.4 is 5.73 Å². The molecule has 0 spiro atoms. The molecule has 0 aliphatic rings. The van der Waals surface area contributed by atoms with Crippen LogP contribution in [0.15, 0.2) is 29.4 Å². The highest BCUT2D eigenvalue weighted by molar-refractivity contribution is 5.96. The van der Waals surface area contributed by atoms with Crippen LogP contribution >= 0.6 is 0 Å². The SMILES string of the molecule is CC(C)COCc1ccc(/C(N)=N/O)cc1.